The number of carbonyl (C=O) groups excluding carboxylic acids is 1. The van der Waals surface area contributed by atoms with Crippen LogP contribution < -0.4 is 10.1 Å². The Labute approximate surface area is 175 Å². The summed E-state index contributed by atoms with van der Waals surface area (Å²) in [6, 6.07) is 9.74. The lowest BCUT2D eigenvalue weighted by atomic mass is 9.98. The van der Waals surface area contributed by atoms with E-state index in [1.165, 1.54) is 26.3 Å². The normalized spacial score (nSPS) is 11.8. The molecule has 0 radical (unpaired) electrons. The van der Waals surface area contributed by atoms with Crippen LogP contribution in [0.1, 0.15) is 36.1 Å². The van der Waals surface area contributed by atoms with E-state index in [0.717, 1.165) is 11.1 Å². The molecule has 0 fully saturated rings. The number of likely N-dealkylation sites (N-methyl/N-ethyl adjacent to an activating group) is 1. The van der Waals surface area contributed by atoms with Gasteiger partial charge in [0.25, 0.3) is 5.91 Å². The van der Waals surface area contributed by atoms with Crippen LogP contribution >= 0.6 is 0 Å². The maximum Gasteiger partial charge on any atom is 0.273 e. The van der Waals surface area contributed by atoms with Crippen molar-refractivity contribution in [3.63, 3.8) is 0 Å². The number of rotatable bonds is 9. The van der Waals surface area contributed by atoms with Crippen molar-refractivity contribution in [1.29, 1.82) is 0 Å². The van der Waals surface area contributed by atoms with Crippen molar-refractivity contribution in [2.75, 3.05) is 20.8 Å². The highest BCUT2D eigenvalue weighted by molar-refractivity contribution is 6.45. The quantitative estimate of drug-likeness (QED) is 0.501. The third-order valence-electron chi connectivity index (χ3n) is 4.33. The number of aryl methyl sites for hydroxylation is 1. The van der Waals surface area contributed by atoms with E-state index in [1.807, 2.05) is 26.0 Å². The summed E-state index contributed by atoms with van der Waals surface area (Å²) >= 11 is 0. The van der Waals surface area contributed by atoms with Crippen LogP contribution in [-0.4, -0.2) is 38.1 Å². The zero-order valence-corrected chi connectivity index (χ0v) is 17.8. The first-order chi connectivity index (χ1) is 14.4. The Morgan fingerprint density at radius 2 is 1.93 bits per heavy atom. The lowest BCUT2D eigenvalue weighted by Gasteiger charge is -2.13. The molecule has 0 spiro atoms. The average molecular weight is 415 g/mol. The molecule has 0 atom stereocenters. The van der Waals surface area contributed by atoms with E-state index in [4.69, 9.17) is 14.4 Å². The Kier molecular flexibility index (Phi) is 8.34. The van der Waals surface area contributed by atoms with Crippen LogP contribution in [-0.2, 0) is 21.1 Å². The summed E-state index contributed by atoms with van der Waals surface area (Å²) in [5.41, 5.74) is 3.55. The number of amides is 1. The molecule has 0 aliphatic rings. The van der Waals surface area contributed by atoms with Gasteiger partial charge in [-0.1, -0.05) is 28.5 Å². The first-order valence-corrected chi connectivity index (χ1v) is 9.44. The van der Waals surface area contributed by atoms with Crippen LogP contribution in [0.3, 0.4) is 0 Å². The number of hydrogen-bond donors (Lipinski definition) is 1. The fourth-order valence-corrected chi connectivity index (χ4v) is 2.85. The van der Waals surface area contributed by atoms with Crippen molar-refractivity contribution < 1.29 is 23.6 Å². The summed E-state index contributed by atoms with van der Waals surface area (Å²) in [7, 11) is 2.90. The highest BCUT2D eigenvalue weighted by atomic mass is 19.1. The summed E-state index contributed by atoms with van der Waals surface area (Å²) in [6.45, 7) is 5.97. The van der Waals surface area contributed by atoms with Gasteiger partial charge in [0.1, 0.15) is 25.3 Å². The number of benzene rings is 2. The van der Waals surface area contributed by atoms with Crippen molar-refractivity contribution in [3.05, 3.63) is 64.5 Å². The number of hydrogen-bond acceptors (Lipinski definition) is 6. The second-order valence-corrected chi connectivity index (χ2v) is 6.33. The maximum absolute atomic E-state index is 13.5. The van der Waals surface area contributed by atoms with Crippen molar-refractivity contribution in [2.24, 2.45) is 10.3 Å². The van der Waals surface area contributed by atoms with Gasteiger partial charge in [-0.3, -0.25) is 4.79 Å². The molecule has 30 heavy (non-hydrogen) atoms. The van der Waals surface area contributed by atoms with Gasteiger partial charge in [0.2, 0.25) is 0 Å². The first kappa shape index (κ1) is 22.9. The molecule has 8 heteroatoms. The lowest BCUT2D eigenvalue weighted by molar-refractivity contribution is -0.114. The number of halogens is 1. The van der Waals surface area contributed by atoms with E-state index in [9.17, 15) is 9.18 Å². The Morgan fingerprint density at radius 1 is 1.17 bits per heavy atom. The van der Waals surface area contributed by atoms with Crippen LogP contribution in [0.4, 0.5) is 4.39 Å². The maximum atomic E-state index is 13.5. The SMILES string of the molecule is CCOc1cc(F)ccc1/C(C)=N/OCc1c(C)cccc1/C(=N\OC)C(=O)NC. The predicted molar refractivity (Wildman–Crippen MR) is 113 cm³/mol. The van der Waals surface area contributed by atoms with E-state index in [0.29, 0.717) is 29.2 Å². The average Bonchev–Trinajstić information content (AvgIpc) is 2.73. The number of nitrogens with one attached hydrogen (secondary N) is 1. The molecule has 0 bridgehead atoms. The molecule has 7 nitrogen and oxygen atoms in total. The Bertz CT molecular complexity index is 957. The molecular formula is C22H26FN3O4. The molecule has 0 aromatic heterocycles. The number of oxime groups is 2. The summed E-state index contributed by atoms with van der Waals surface area (Å²) in [4.78, 5) is 22.6. The van der Waals surface area contributed by atoms with Crippen LogP contribution in [0, 0.1) is 12.7 Å². The van der Waals surface area contributed by atoms with E-state index in [1.54, 1.807) is 19.1 Å². The highest BCUT2D eigenvalue weighted by Crippen LogP contribution is 2.22. The Hall–Kier alpha value is -3.42. The van der Waals surface area contributed by atoms with E-state index in [-0.39, 0.29) is 24.0 Å². The minimum absolute atomic E-state index is 0.101. The number of nitrogens with zero attached hydrogens (tertiary/aromatic N) is 2. The van der Waals surface area contributed by atoms with Gasteiger partial charge < -0.3 is 19.7 Å². The summed E-state index contributed by atoms with van der Waals surface area (Å²) < 4.78 is 19.0. The molecule has 160 valence electrons. The van der Waals surface area contributed by atoms with Gasteiger partial charge in [-0.05, 0) is 38.5 Å². The highest BCUT2D eigenvalue weighted by Gasteiger charge is 2.19. The van der Waals surface area contributed by atoms with Crippen molar-refractivity contribution in [3.8, 4) is 5.75 Å². The molecule has 1 amide bonds. The molecule has 0 unspecified atom stereocenters. The molecule has 0 heterocycles. The van der Waals surface area contributed by atoms with Crippen molar-refractivity contribution >= 4 is 17.3 Å². The van der Waals surface area contributed by atoms with Crippen LogP contribution in [0.15, 0.2) is 46.7 Å². The second-order valence-electron chi connectivity index (χ2n) is 6.33. The van der Waals surface area contributed by atoms with Gasteiger partial charge in [0, 0.05) is 29.8 Å². The molecule has 2 aromatic rings. The third kappa shape index (κ3) is 5.56. The van der Waals surface area contributed by atoms with Crippen LogP contribution in [0.5, 0.6) is 5.75 Å². The third-order valence-corrected chi connectivity index (χ3v) is 4.33. The Balaban J connectivity index is 2.30. The van der Waals surface area contributed by atoms with Crippen molar-refractivity contribution in [2.45, 2.75) is 27.4 Å². The van der Waals surface area contributed by atoms with Crippen molar-refractivity contribution in [1.82, 2.24) is 5.32 Å². The number of carbonyl (C=O) groups is 1. The molecule has 0 aliphatic carbocycles. The fourth-order valence-electron chi connectivity index (χ4n) is 2.85. The van der Waals surface area contributed by atoms with Gasteiger partial charge in [-0.15, -0.1) is 0 Å². The molecular weight excluding hydrogens is 389 g/mol. The minimum atomic E-state index is -0.389. The fraction of sp³-hybridized carbons (Fsp3) is 0.318. The minimum Gasteiger partial charge on any atom is -0.493 e. The van der Waals surface area contributed by atoms with E-state index < -0.39 is 0 Å². The predicted octanol–water partition coefficient (Wildman–Crippen LogP) is 3.57. The summed E-state index contributed by atoms with van der Waals surface area (Å²) in [5, 5.41) is 10.6. The largest absolute Gasteiger partial charge is 0.493 e. The molecule has 0 aliphatic heterocycles. The van der Waals surface area contributed by atoms with E-state index >= 15 is 0 Å². The smallest absolute Gasteiger partial charge is 0.273 e. The van der Waals surface area contributed by atoms with Gasteiger partial charge in [-0.2, -0.15) is 0 Å². The molecule has 2 rings (SSSR count). The summed E-state index contributed by atoms with van der Waals surface area (Å²) in [6.07, 6.45) is 0. The second kappa shape index (κ2) is 10.9. The van der Waals surface area contributed by atoms with Gasteiger partial charge >= 0.3 is 0 Å². The molecule has 0 saturated heterocycles. The standard InChI is InChI=1S/C22H26FN3O4/c1-6-29-20-12-16(23)10-11-17(20)15(3)25-30-13-19-14(2)8-7-9-18(19)21(26-28-5)22(27)24-4/h7-12H,6,13H2,1-5H3,(H,24,27)/b25-15+,26-21+. The molecule has 1 N–H and O–H groups in total. The van der Waals surface area contributed by atoms with Gasteiger partial charge in [0.15, 0.2) is 5.71 Å². The summed E-state index contributed by atoms with van der Waals surface area (Å²) in [5.74, 6) is -0.372. The molecule has 2 aromatic carbocycles. The van der Waals surface area contributed by atoms with E-state index in [2.05, 4.69) is 15.6 Å². The van der Waals surface area contributed by atoms with Gasteiger partial charge in [-0.25, -0.2) is 4.39 Å². The first-order valence-electron chi connectivity index (χ1n) is 9.44. The zero-order valence-electron chi connectivity index (χ0n) is 17.8. The van der Waals surface area contributed by atoms with Crippen LogP contribution in [0.2, 0.25) is 0 Å². The van der Waals surface area contributed by atoms with Crippen LogP contribution in [0.25, 0.3) is 0 Å². The lowest BCUT2D eigenvalue weighted by Crippen LogP contribution is -2.29. The zero-order chi connectivity index (χ0) is 22.1. The monoisotopic (exact) mass is 415 g/mol. The molecule has 0 saturated carbocycles. The Morgan fingerprint density at radius 3 is 2.60 bits per heavy atom. The topological polar surface area (TPSA) is 81.5 Å². The van der Waals surface area contributed by atoms with Gasteiger partial charge in [0.05, 0.1) is 12.3 Å². The number of ether oxygens (including phenoxy) is 1.